The molecule has 0 aromatic carbocycles. The third-order valence-corrected chi connectivity index (χ3v) is 7.73. The molecule has 3 amide bonds. The number of likely N-dealkylation sites (tertiary alicyclic amines) is 1. The van der Waals surface area contributed by atoms with Gasteiger partial charge >= 0.3 is 0 Å². The number of methoxy groups -OCH3 is 2. The van der Waals surface area contributed by atoms with Gasteiger partial charge in [0.15, 0.2) is 0 Å². The lowest BCUT2D eigenvalue weighted by Gasteiger charge is -2.39. The summed E-state index contributed by atoms with van der Waals surface area (Å²) in [7, 11) is 6.78. The standard InChI is InChI=1S/C27H52N4O5/c1-11-19(6)25(30(8)23(33)16-29-27(34)24(28-7)17(2)3)21(35-9)15-22(32)31-14-12-13-20(31)26(36-10)18(4)5/h17-21,24-26,28H,11-16H2,1-10H3,(H,29,34). The Kier molecular flexibility index (Phi) is 13.9. The van der Waals surface area contributed by atoms with Crippen LogP contribution in [0.5, 0.6) is 0 Å². The fourth-order valence-corrected chi connectivity index (χ4v) is 5.52. The average Bonchev–Trinajstić information content (AvgIpc) is 3.31. The molecule has 36 heavy (non-hydrogen) atoms. The van der Waals surface area contributed by atoms with Gasteiger partial charge < -0.3 is 29.9 Å². The lowest BCUT2D eigenvalue weighted by atomic mass is 9.90. The van der Waals surface area contributed by atoms with Crippen molar-refractivity contribution >= 4 is 17.7 Å². The Balaban J connectivity index is 2.98. The van der Waals surface area contributed by atoms with Crippen molar-refractivity contribution in [3.05, 3.63) is 0 Å². The van der Waals surface area contributed by atoms with Crippen LogP contribution in [0.3, 0.4) is 0 Å². The van der Waals surface area contributed by atoms with E-state index < -0.39 is 6.10 Å². The number of nitrogens with zero attached hydrogens (tertiary/aromatic N) is 2. The van der Waals surface area contributed by atoms with E-state index in [-0.39, 0.29) is 66.8 Å². The molecule has 0 spiro atoms. The van der Waals surface area contributed by atoms with Gasteiger partial charge in [0.05, 0.1) is 43.3 Å². The predicted octanol–water partition coefficient (Wildman–Crippen LogP) is 2.29. The molecular formula is C27H52N4O5. The molecule has 2 N–H and O–H groups in total. The molecule has 6 atom stereocenters. The first kappa shape index (κ1) is 32.3. The molecule has 0 aliphatic carbocycles. The smallest absolute Gasteiger partial charge is 0.242 e. The van der Waals surface area contributed by atoms with Crippen LogP contribution < -0.4 is 10.6 Å². The first-order valence-electron chi connectivity index (χ1n) is 13.5. The molecule has 1 aliphatic rings. The van der Waals surface area contributed by atoms with E-state index in [1.54, 1.807) is 33.2 Å². The highest BCUT2D eigenvalue weighted by atomic mass is 16.5. The van der Waals surface area contributed by atoms with Crippen molar-refractivity contribution in [2.45, 2.75) is 97.6 Å². The Morgan fingerprint density at radius 1 is 1.06 bits per heavy atom. The number of hydrogen-bond donors (Lipinski definition) is 2. The zero-order chi connectivity index (χ0) is 27.6. The van der Waals surface area contributed by atoms with Crippen molar-refractivity contribution < 1.29 is 23.9 Å². The summed E-state index contributed by atoms with van der Waals surface area (Å²) in [5.41, 5.74) is 0. The van der Waals surface area contributed by atoms with Crippen molar-refractivity contribution in [3.8, 4) is 0 Å². The minimum Gasteiger partial charge on any atom is -0.379 e. The Labute approximate surface area is 219 Å². The molecule has 1 aliphatic heterocycles. The maximum Gasteiger partial charge on any atom is 0.242 e. The average molecular weight is 513 g/mol. The predicted molar refractivity (Wildman–Crippen MR) is 142 cm³/mol. The quantitative estimate of drug-likeness (QED) is 0.349. The second kappa shape index (κ2) is 15.5. The van der Waals surface area contributed by atoms with E-state index in [1.165, 1.54) is 0 Å². The van der Waals surface area contributed by atoms with Gasteiger partial charge in [-0.05, 0) is 37.6 Å². The molecule has 0 saturated carbocycles. The summed E-state index contributed by atoms with van der Waals surface area (Å²) in [5, 5.41) is 5.76. The number of ether oxygens (including phenoxy) is 2. The van der Waals surface area contributed by atoms with E-state index in [4.69, 9.17) is 9.47 Å². The molecule has 0 radical (unpaired) electrons. The maximum atomic E-state index is 13.5. The van der Waals surface area contributed by atoms with E-state index in [0.717, 1.165) is 19.3 Å². The molecular weight excluding hydrogens is 460 g/mol. The van der Waals surface area contributed by atoms with Crippen LogP contribution in [0.15, 0.2) is 0 Å². The van der Waals surface area contributed by atoms with Crippen molar-refractivity contribution in [2.24, 2.45) is 17.8 Å². The van der Waals surface area contributed by atoms with E-state index in [1.807, 2.05) is 18.7 Å². The molecule has 9 heteroatoms. The largest absolute Gasteiger partial charge is 0.379 e. The lowest BCUT2D eigenvalue weighted by molar-refractivity contribution is -0.144. The van der Waals surface area contributed by atoms with Crippen molar-refractivity contribution in [1.29, 1.82) is 0 Å². The third-order valence-electron chi connectivity index (χ3n) is 7.73. The van der Waals surface area contributed by atoms with E-state index in [2.05, 4.69) is 38.3 Å². The molecule has 210 valence electrons. The van der Waals surface area contributed by atoms with Gasteiger partial charge in [-0.2, -0.15) is 0 Å². The van der Waals surface area contributed by atoms with Crippen LogP contribution in [0, 0.1) is 17.8 Å². The van der Waals surface area contributed by atoms with Crippen LogP contribution in [-0.4, -0.2) is 99.3 Å². The zero-order valence-corrected chi connectivity index (χ0v) is 24.3. The number of nitrogens with one attached hydrogen (secondary N) is 2. The van der Waals surface area contributed by atoms with Crippen LogP contribution in [0.1, 0.15) is 67.2 Å². The lowest BCUT2D eigenvalue weighted by Crippen LogP contribution is -2.54. The van der Waals surface area contributed by atoms with Gasteiger partial charge in [-0.3, -0.25) is 14.4 Å². The summed E-state index contributed by atoms with van der Waals surface area (Å²) in [6.07, 6.45) is 2.43. The summed E-state index contributed by atoms with van der Waals surface area (Å²) < 4.78 is 11.6. The molecule has 1 fully saturated rings. The molecule has 1 saturated heterocycles. The number of likely N-dealkylation sites (N-methyl/N-ethyl adjacent to an activating group) is 2. The molecule has 9 nitrogen and oxygen atoms in total. The monoisotopic (exact) mass is 512 g/mol. The summed E-state index contributed by atoms with van der Waals surface area (Å²) in [6.45, 7) is 12.9. The van der Waals surface area contributed by atoms with Crippen molar-refractivity contribution in [1.82, 2.24) is 20.4 Å². The minimum absolute atomic E-state index is 0.0112. The normalized spacial score (nSPS) is 20.2. The fraction of sp³-hybridized carbons (Fsp3) is 0.889. The van der Waals surface area contributed by atoms with Crippen LogP contribution in [0.2, 0.25) is 0 Å². The summed E-state index contributed by atoms with van der Waals surface area (Å²) in [6, 6.07) is -0.617. The first-order valence-corrected chi connectivity index (χ1v) is 13.5. The Bertz CT molecular complexity index is 702. The first-order chi connectivity index (χ1) is 16.9. The SMILES string of the molecule is CCC(C)C(C(CC(=O)N1CCCC1C(OC)C(C)C)OC)N(C)C(=O)CNC(=O)C(NC)C(C)C. The number of rotatable bonds is 15. The number of hydrogen-bond acceptors (Lipinski definition) is 6. The van der Waals surface area contributed by atoms with Gasteiger partial charge in [-0.1, -0.05) is 48.0 Å². The number of carbonyl (C=O) groups excluding carboxylic acids is 3. The van der Waals surface area contributed by atoms with Gasteiger partial charge in [0, 0.05) is 27.8 Å². The fourth-order valence-electron chi connectivity index (χ4n) is 5.52. The van der Waals surface area contributed by atoms with Crippen molar-refractivity contribution in [3.63, 3.8) is 0 Å². The van der Waals surface area contributed by atoms with Gasteiger partial charge in [-0.15, -0.1) is 0 Å². The van der Waals surface area contributed by atoms with Crippen LogP contribution in [0.4, 0.5) is 0 Å². The molecule has 0 bridgehead atoms. The maximum absolute atomic E-state index is 13.5. The highest BCUT2D eigenvalue weighted by Crippen LogP contribution is 2.28. The minimum atomic E-state index is -0.459. The Hall–Kier alpha value is -1.71. The van der Waals surface area contributed by atoms with E-state index in [9.17, 15) is 14.4 Å². The highest BCUT2D eigenvalue weighted by molar-refractivity contribution is 5.87. The second-order valence-corrected chi connectivity index (χ2v) is 10.8. The summed E-state index contributed by atoms with van der Waals surface area (Å²) in [4.78, 5) is 42.7. The topological polar surface area (TPSA) is 100 Å². The van der Waals surface area contributed by atoms with Gasteiger partial charge in [0.2, 0.25) is 17.7 Å². The number of amides is 3. The molecule has 1 heterocycles. The van der Waals surface area contributed by atoms with Crippen molar-refractivity contribution in [2.75, 3.05) is 41.4 Å². The Morgan fingerprint density at radius 3 is 2.17 bits per heavy atom. The summed E-state index contributed by atoms with van der Waals surface area (Å²) >= 11 is 0. The number of carbonyl (C=O) groups is 3. The van der Waals surface area contributed by atoms with Crippen LogP contribution >= 0.6 is 0 Å². The Morgan fingerprint density at radius 2 is 1.69 bits per heavy atom. The molecule has 1 rings (SSSR count). The third kappa shape index (κ3) is 8.42. The van der Waals surface area contributed by atoms with E-state index >= 15 is 0 Å². The molecule has 6 unspecified atom stereocenters. The zero-order valence-electron chi connectivity index (χ0n) is 24.3. The second-order valence-electron chi connectivity index (χ2n) is 10.8. The summed E-state index contributed by atoms with van der Waals surface area (Å²) in [5.74, 6) is 0.123. The van der Waals surface area contributed by atoms with Gasteiger partial charge in [0.1, 0.15) is 0 Å². The van der Waals surface area contributed by atoms with Gasteiger partial charge in [0.25, 0.3) is 0 Å². The highest BCUT2D eigenvalue weighted by Gasteiger charge is 2.39. The van der Waals surface area contributed by atoms with E-state index in [0.29, 0.717) is 12.5 Å². The van der Waals surface area contributed by atoms with Crippen LogP contribution in [-0.2, 0) is 23.9 Å². The molecule has 0 aromatic rings. The van der Waals surface area contributed by atoms with Gasteiger partial charge in [-0.25, -0.2) is 0 Å². The molecule has 0 aromatic heterocycles. The van der Waals surface area contributed by atoms with Crippen LogP contribution in [0.25, 0.3) is 0 Å².